The number of unbranched alkanes of at least 4 members (excludes halogenated alkanes) is 63. The number of esters is 1. The van der Waals surface area contributed by atoms with Gasteiger partial charge in [0.2, 0.25) is 5.91 Å². The molecule has 0 spiro atoms. The first-order valence-corrected chi connectivity index (χ1v) is 39.0. The van der Waals surface area contributed by atoms with Crippen molar-refractivity contribution in [1.29, 1.82) is 0 Å². The second kappa shape index (κ2) is 74.1. The zero-order valence-corrected chi connectivity index (χ0v) is 57.4. The SMILES string of the molecule is CCCCCCCCCCCCCCC/C=C/C(O)C(CO)NC(=O)CCCCCCCCCCCCCCCCCCCCCCCCCCCCCCCCCCCCCCCOC(=O)CCCCCCCCCCCCCCCCC. The Bertz CT molecular complexity index is 1270. The Balaban J connectivity index is 3.29. The standard InChI is InChI=1S/C78H153NO5/c1-3-5-7-9-11-13-15-17-42-46-50-54-58-62-66-70-76(81)75(74-80)79-77(82)71-67-63-59-55-51-47-44-40-38-36-34-32-30-28-26-24-22-20-19-21-23-25-27-29-31-33-35-37-39-41-45-49-53-57-61-65-69-73-84-78(83)72-68-64-60-56-52-48-43-18-16-14-12-10-8-6-4-2/h66,70,75-76,80-81H,3-65,67-69,71-74H2,1-2H3,(H,79,82)/b70-66+. The molecular weight excluding hydrogens is 1030 g/mol. The van der Waals surface area contributed by atoms with Crippen LogP contribution in [0.2, 0.25) is 0 Å². The van der Waals surface area contributed by atoms with Gasteiger partial charge in [-0.1, -0.05) is 418 Å². The van der Waals surface area contributed by atoms with Crippen molar-refractivity contribution in [3.05, 3.63) is 12.2 Å². The van der Waals surface area contributed by atoms with Crippen molar-refractivity contribution in [2.45, 2.75) is 463 Å². The Morgan fingerprint density at radius 3 is 0.810 bits per heavy atom. The summed E-state index contributed by atoms with van der Waals surface area (Å²) in [5.41, 5.74) is 0. The number of carbonyl (C=O) groups is 2. The normalized spacial score (nSPS) is 12.5. The van der Waals surface area contributed by atoms with Gasteiger partial charge in [-0.25, -0.2) is 0 Å². The largest absolute Gasteiger partial charge is 0.466 e. The van der Waals surface area contributed by atoms with E-state index in [9.17, 15) is 19.8 Å². The molecule has 6 heteroatoms. The van der Waals surface area contributed by atoms with Gasteiger partial charge >= 0.3 is 5.97 Å². The molecule has 6 nitrogen and oxygen atoms in total. The van der Waals surface area contributed by atoms with Gasteiger partial charge in [0, 0.05) is 12.8 Å². The molecule has 1 amide bonds. The molecular formula is C78H153NO5. The molecule has 0 saturated heterocycles. The molecule has 0 aliphatic carbocycles. The predicted octanol–water partition coefficient (Wildman–Crippen LogP) is 25.5. The Kier molecular flexibility index (Phi) is 72.8. The fourth-order valence-electron chi connectivity index (χ4n) is 12.6. The zero-order chi connectivity index (χ0) is 60.6. The van der Waals surface area contributed by atoms with E-state index < -0.39 is 12.1 Å². The van der Waals surface area contributed by atoms with Crippen molar-refractivity contribution >= 4 is 11.9 Å². The van der Waals surface area contributed by atoms with E-state index in [0.717, 1.165) is 38.5 Å². The Morgan fingerprint density at radius 2 is 0.548 bits per heavy atom. The lowest BCUT2D eigenvalue weighted by molar-refractivity contribution is -0.143. The highest BCUT2D eigenvalue weighted by molar-refractivity contribution is 5.76. The Labute approximate surface area is 527 Å². The predicted molar refractivity (Wildman–Crippen MR) is 370 cm³/mol. The van der Waals surface area contributed by atoms with Crippen LogP contribution < -0.4 is 5.32 Å². The molecule has 500 valence electrons. The van der Waals surface area contributed by atoms with Crippen LogP contribution in [0.4, 0.5) is 0 Å². The summed E-state index contributed by atoms with van der Waals surface area (Å²) in [4.78, 5) is 24.6. The molecule has 0 aromatic heterocycles. The average Bonchev–Trinajstić information content (AvgIpc) is 3.53. The molecule has 0 radical (unpaired) electrons. The minimum atomic E-state index is -0.839. The lowest BCUT2D eigenvalue weighted by atomic mass is 10.0. The van der Waals surface area contributed by atoms with E-state index in [2.05, 4.69) is 19.2 Å². The van der Waals surface area contributed by atoms with Crippen molar-refractivity contribution < 1.29 is 24.5 Å². The minimum Gasteiger partial charge on any atom is -0.466 e. The first-order valence-electron chi connectivity index (χ1n) is 39.0. The van der Waals surface area contributed by atoms with Crippen LogP contribution in [0.15, 0.2) is 12.2 Å². The van der Waals surface area contributed by atoms with E-state index in [1.54, 1.807) is 6.08 Å². The highest BCUT2D eigenvalue weighted by Crippen LogP contribution is 2.20. The molecule has 0 aromatic rings. The summed E-state index contributed by atoms with van der Waals surface area (Å²) in [5, 5.41) is 23.2. The maximum absolute atomic E-state index is 12.5. The number of hydrogen-bond acceptors (Lipinski definition) is 5. The second-order valence-electron chi connectivity index (χ2n) is 27.1. The summed E-state index contributed by atoms with van der Waals surface area (Å²) in [6.07, 6.45) is 93.4. The Hall–Kier alpha value is -1.40. The van der Waals surface area contributed by atoms with Crippen LogP contribution in [0.25, 0.3) is 0 Å². The smallest absolute Gasteiger partial charge is 0.305 e. The fourth-order valence-corrected chi connectivity index (χ4v) is 12.6. The number of aliphatic hydroxyl groups excluding tert-OH is 2. The van der Waals surface area contributed by atoms with Crippen molar-refractivity contribution in [3.63, 3.8) is 0 Å². The van der Waals surface area contributed by atoms with Crippen LogP contribution in [-0.4, -0.2) is 47.4 Å². The maximum atomic E-state index is 12.5. The summed E-state index contributed by atoms with van der Waals surface area (Å²) in [6.45, 7) is 4.96. The minimum absolute atomic E-state index is 0.0271. The van der Waals surface area contributed by atoms with Crippen LogP contribution in [-0.2, 0) is 14.3 Å². The van der Waals surface area contributed by atoms with Crippen molar-refractivity contribution in [2.24, 2.45) is 0 Å². The highest BCUT2D eigenvalue weighted by Gasteiger charge is 2.18. The van der Waals surface area contributed by atoms with E-state index in [0.29, 0.717) is 19.4 Å². The van der Waals surface area contributed by atoms with E-state index >= 15 is 0 Å². The lowest BCUT2D eigenvalue weighted by Gasteiger charge is -2.20. The van der Waals surface area contributed by atoms with Gasteiger partial charge in [0.15, 0.2) is 0 Å². The molecule has 0 fully saturated rings. The number of rotatable bonds is 74. The molecule has 0 saturated carbocycles. The quantitative estimate of drug-likeness (QED) is 0.0320. The molecule has 0 aliphatic rings. The van der Waals surface area contributed by atoms with Crippen LogP contribution in [0.5, 0.6) is 0 Å². The summed E-state index contributed by atoms with van der Waals surface area (Å²) in [7, 11) is 0. The van der Waals surface area contributed by atoms with Gasteiger partial charge in [-0.15, -0.1) is 0 Å². The van der Waals surface area contributed by atoms with Crippen molar-refractivity contribution in [1.82, 2.24) is 5.32 Å². The molecule has 0 bridgehead atoms. The van der Waals surface area contributed by atoms with E-state index in [-0.39, 0.29) is 18.5 Å². The molecule has 84 heavy (non-hydrogen) atoms. The third kappa shape index (κ3) is 69.7. The Morgan fingerprint density at radius 1 is 0.321 bits per heavy atom. The van der Waals surface area contributed by atoms with E-state index in [4.69, 9.17) is 4.74 Å². The molecule has 0 aliphatic heterocycles. The van der Waals surface area contributed by atoms with Crippen molar-refractivity contribution in [2.75, 3.05) is 13.2 Å². The van der Waals surface area contributed by atoms with Gasteiger partial charge in [-0.05, 0) is 32.1 Å². The third-order valence-corrected chi connectivity index (χ3v) is 18.6. The monoisotopic (exact) mass is 1180 g/mol. The van der Waals surface area contributed by atoms with Gasteiger partial charge in [-0.2, -0.15) is 0 Å². The highest BCUT2D eigenvalue weighted by atomic mass is 16.5. The number of aliphatic hydroxyl groups is 2. The van der Waals surface area contributed by atoms with E-state index in [1.165, 1.54) is 385 Å². The van der Waals surface area contributed by atoms with Crippen LogP contribution >= 0.6 is 0 Å². The van der Waals surface area contributed by atoms with Gasteiger partial charge in [0.25, 0.3) is 0 Å². The van der Waals surface area contributed by atoms with Crippen LogP contribution in [0.3, 0.4) is 0 Å². The second-order valence-corrected chi connectivity index (χ2v) is 27.1. The zero-order valence-electron chi connectivity index (χ0n) is 57.4. The van der Waals surface area contributed by atoms with Gasteiger partial charge in [-0.3, -0.25) is 9.59 Å². The maximum Gasteiger partial charge on any atom is 0.305 e. The van der Waals surface area contributed by atoms with Crippen LogP contribution in [0, 0.1) is 0 Å². The topological polar surface area (TPSA) is 95.9 Å². The summed E-state index contributed by atoms with van der Waals surface area (Å²) >= 11 is 0. The van der Waals surface area contributed by atoms with Crippen molar-refractivity contribution in [3.8, 4) is 0 Å². The number of carbonyl (C=O) groups excluding carboxylic acids is 2. The molecule has 2 unspecified atom stereocenters. The lowest BCUT2D eigenvalue weighted by Crippen LogP contribution is -2.45. The van der Waals surface area contributed by atoms with E-state index in [1.807, 2.05) is 6.08 Å². The summed E-state index contributed by atoms with van der Waals surface area (Å²) in [5.74, 6) is -0.0318. The molecule has 2 atom stereocenters. The molecule has 0 aromatic carbocycles. The molecule has 0 rings (SSSR count). The van der Waals surface area contributed by atoms with Crippen LogP contribution in [0.1, 0.15) is 450 Å². The third-order valence-electron chi connectivity index (χ3n) is 18.6. The molecule has 0 heterocycles. The number of hydrogen-bond donors (Lipinski definition) is 3. The van der Waals surface area contributed by atoms with Gasteiger partial charge in [0.05, 0.1) is 25.4 Å². The average molecular weight is 1190 g/mol. The number of ether oxygens (including phenoxy) is 1. The number of allylic oxidation sites excluding steroid dienone is 1. The number of amides is 1. The fraction of sp³-hybridized carbons (Fsp3) is 0.949. The van der Waals surface area contributed by atoms with Gasteiger partial charge in [0.1, 0.15) is 0 Å². The summed E-state index contributed by atoms with van der Waals surface area (Å²) < 4.78 is 5.51. The summed E-state index contributed by atoms with van der Waals surface area (Å²) in [6, 6.07) is -0.622. The molecule has 3 N–H and O–H groups in total. The number of nitrogens with one attached hydrogen (secondary N) is 1. The first kappa shape index (κ1) is 82.6. The van der Waals surface area contributed by atoms with Gasteiger partial charge < -0.3 is 20.3 Å². The first-order chi connectivity index (χ1) is 41.5.